The molecule has 9 heteroatoms. The standard InChI is InChI=1S/C22H23N3O5S/c1-15(22(27)24-12-10-23(11-13-24)16(2)26)17-4-9-21(20(14-17)25(28)29)31-19-7-5-18(30-3)6-8-19/h4-9,14H,1,10-13H2,2-3H3. The number of nitrogens with zero attached hydrogens (tertiary/aromatic N) is 3. The molecular weight excluding hydrogens is 418 g/mol. The Morgan fingerprint density at radius 2 is 1.68 bits per heavy atom. The van der Waals surface area contributed by atoms with Gasteiger partial charge >= 0.3 is 0 Å². The molecule has 0 aliphatic carbocycles. The van der Waals surface area contributed by atoms with Crippen LogP contribution in [0.2, 0.25) is 0 Å². The van der Waals surface area contributed by atoms with Crippen molar-refractivity contribution in [1.29, 1.82) is 0 Å². The lowest BCUT2D eigenvalue weighted by atomic mass is 10.1. The van der Waals surface area contributed by atoms with Crippen LogP contribution >= 0.6 is 11.8 Å². The highest BCUT2D eigenvalue weighted by molar-refractivity contribution is 7.99. The molecule has 0 atom stereocenters. The summed E-state index contributed by atoms with van der Waals surface area (Å²) in [5.41, 5.74) is 0.513. The van der Waals surface area contributed by atoms with Gasteiger partial charge in [0.1, 0.15) is 5.75 Å². The minimum Gasteiger partial charge on any atom is -0.497 e. The van der Waals surface area contributed by atoms with Crippen molar-refractivity contribution in [3.05, 3.63) is 64.7 Å². The van der Waals surface area contributed by atoms with Gasteiger partial charge in [-0.05, 0) is 35.9 Å². The maximum atomic E-state index is 12.8. The van der Waals surface area contributed by atoms with Gasteiger partial charge in [0.15, 0.2) is 0 Å². The molecule has 0 unspecified atom stereocenters. The number of piperazine rings is 1. The van der Waals surface area contributed by atoms with E-state index in [0.29, 0.717) is 42.4 Å². The van der Waals surface area contributed by atoms with Crippen LogP contribution in [-0.2, 0) is 9.59 Å². The van der Waals surface area contributed by atoms with E-state index in [9.17, 15) is 19.7 Å². The molecule has 2 aromatic carbocycles. The van der Waals surface area contributed by atoms with Crippen molar-refractivity contribution in [3.63, 3.8) is 0 Å². The number of amides is 2. The van der Waals surface area contributed by atoms with Crippen molar-refractivity contribution in [3.8, 4) is 5.75 Å². The molecule has 3 rings (SSSR count). The molecule has 8 nitrogen and oxygen atoms in total. The first kappa shape index (κ1) is 22.4. The number of benzene rings is 2. The lowest BCUT2D eigenvalue weighted by Gasteiger charge is -2.34. The highest BCUT2D eigenvalue weighted by Crippen LogP contribution is 2.37. The molecule has 162 valence electrons. The predicted octanol–water partition coefficient (Wildman–Crippen LogP) is 3.46. The summed E-state index contributed by atoms with van der Waals surface area (Å²) in [4.78, 5) is 40.1. The Labute approximate surface area is 184 Å². The second kappa shape index (κ2) is 9.65. The summed E-state index contributed by atoms with van der Waals surface area (Å²) in [6, 6.07) is 11.9. The second-order valence-electron chi connectivity index (χ2n) is 6.99. The van der Waals surface area contributed by atoms with E-state index in [1.165, 1.54) is 24.8 Å². The summed E-state index contributed by atoms with van der Waals surface area (Å²) in [5.74, 6) is 0.396. The van der Waals surface area contributed by atoms with Crippen molar-refractivity contribution in [2.75, 3.05) is 33.3 Å². The van der Waals surface area contributed by atoms with E-state index >= 15 is 0 Å². The maximum Gasteiger partial charge on any atom is 0.283 e. The van der Waals surface area contributed by atoms with Gasteiger partial charge in [0.05, 0.1) is 16.9 Å². The maximum absolute atomic E-state index is 12.8. The zero-order chi connectivity index (χ0) is 22.5. The zero-order valence-electron chi connectivity index (χ0n) is 17.4. The Morgan fingerprint density at radius 3 is 2.23 bits per heavy atom. The van der Waals surface area contributed by atoms with Crippen LogP contribution in [0.15, 0.2) is 58.8 Å². The molecule has 1 saturated heterocycles. The third kappa shape index (κ3) is 5.24. The van der Waals surface area contributed by atoms with E-state index in [1.54, 1.807) is 41.2 Å². The lowest BCUT2D eigenvalue weighted by molar-refractivity contribution is -0.387. The Bertz CT molecular complexity index is 1010. The van der Waals surface area contributed by atoms with Crippen molar-refractivity contribution in [1.82, 2.24) is 9.80 Å². The van der Waals surface area contributed by atoms with Gasteiger partial charge in [-0.2, -0.15) is 0 Å². The number of carbonyl (C=O) groups is 2. The molecule has 2 amide bonds. The van der Waals surface area contributed by atoms with Crippen molar-refractivity contribution >= 4 is 34.8 Å². The molecule has 0 radical (unpaired) electrons. The SMILES string of the molecule is C=C(C(=O)N1CCN(C(C)=O)CC1)c1ccc(Sc2ccc(OC)cc2)c([N+](=O)[O-])c1. The Morgan fingerprint density at radius 1 is 1.06 bits per heavy atom. The smallest absolute Gasteiger partial charge is 0.283 e. The fourth-order valence-electron chi connectivity index (χ4n) is 3.24. The Hall–Kier alpha value is -3.33. The molecule has 1 aliphatic rings. The lowest BCUT2D eigenvalue weighted by Crippen LogP contribution is -2.50. The molecular formula is C22H23N3O5S. The Balaban J connectivity index is 1.76. The molecule has 2 aromatic rings. The average Bonchev–Trinajstić information content (AvgIpc) is 2.78. The van der Waals surface area contributed by atoms with Crippen molar-refractivity contribution in [2.45, 2.75) is 16.7 Å². The molecule has 0 spiro atoms. The van der Waals surface area contributed by atoms with Crippen LogP contribution in [-0.4, -0.2) is 59.8 Å². The van der Waals surface area contributed by atoms with E-state index in [2.05, 4.69) is 6.58 Å². The first-order chi connectivity index (χ1) is 14.8. The van der Waals surface area contributed by atoms with Crippen LogP contribution < -0.4 is 4.74 Å². The number of nitro groups is 1. The normalized spacial score (nSPS) is 13.6. The molecule has 31 heavy (non-hydrogen) atoms. The van der Waals surface area contributed by atoms with Gasteiger partial charge in [-0.1, -0.05) is 24.4 Å². The number of rotatable bonds is 6. The molecule has 1 heterocycles. The van der Waals surface area contributed by atoms with E-state index in [4.69, 9.17) is 4.74 Å². The van der Waals surface area contributed by atoms with Crippen LogP contribution in [0.3, 0.4) is 0 Å². The van der Waals surface area contributed by atoms with Crippen molar-refractivity contribution < 1.29 is 19.2 Å². The topological polar surface area (TPSA) is 93.0 Å². The highest BCUT2D eigenvalue weighted by Gasteiger charge is 2.26. The minimum atomic E-state index is -0.460. The fraction of sp³-hybridized carbons (Fsp3) is 0.273. The number of methoxy groups -OCH3 is 1. The van der Waals surface area contributed by atoms with Gasteiger partial charge < -0.3 is 14.5 Å². The van der Waals surface area contributed by atoms with Crippen LogP contribution in [0.5, 0.6) is 5.75 Å². The van der Waals surface area contributed by atoms with E-state index in [1.807, 2.05) is 12.1 Å². The van der Waals surface area contributed by atoms with Gasteiger partial charge in [-0.15, -0.1) is 0 Å². The summed E-state index contributed by atoms with van der Waals surface area (Å²) >= 11 is 1.26. The Kier molecular flexibility index (Phi) is 6.96. The summed E-state index contributed by atoms with van der Waals surface area (Å²) in [6.07, 6.45) is 0. The molecule has 1 fully saturated rings. The number of nitro benzene ring substituents is 1. The van der Waals surface area contributed by atoms with Crippen LogP contribution in [0.1, 0.15) is 12.5 Å². The highest BCUT2D eigenvalue weighted by atomic mass is 32.2. The second-order valence-corrected chi connectivity index (χ2v) is 8.11. The quantitative estimate of drug-likeness (QED) is 0.387. The summed E-state index contributed by atoms with van der Waals surface area (Å²) < 4.78 is 5.13. The van der Waals surface area contributed by atoms with Gasteiger partial charge in [0.2, 0.25) is 5.91 Å². The summed E-state index contributed by atoms with van der Waals surface area (Å²) in [6.45, 7) is 7.12. The van der Waals surface area contributed by atoms with E-state index < -0.39 is 4.92 Å². The minimum absolute atomic E-state index is 0.0218. The van der Waals surface area contributed by atoms with Gasteiger partial charge in [0, 0.05) is 49.6 Å². The first-order valence-corrected chi connectivity index (χ1v) is 10.5. The number of hydrogen-bond donors (Lipinski definition) is 0. The van der Waals surface area contributed by atoms with Crippen molar-refractivity contribution in [2.24, 2.45) is 0 Å². The van der Waals surface area contributed by atoms with Crippen LogP contribution in [0, 0.1) is 10.1 Å². The third-order valence-corrected chi connectivity index (χ3v) is 6.13. The largest absolute Gasteiger partial charge is 0.497 e. The molecule has 1 aliphatic heterocycles. The van der Waals surface area contributed by atoms with E-state index in [0.717, 1.165) is 4.90 Å². The summed E-state index contributed by atoms with van der Waals surface area (Å²) in [5, 5.41) is 11.7. The predicted molar refractivity (Wildman–Crippen MR) is 118 cm³/mol. The molecule has 0 aromatic heterocycles. The molecule has 0 bridgehead atoms. The fourth-order valence-corrected chi connectivity index (χ4v) is 4.14. The van der Waals surface area contributed by atoms with Crippen LogP contribution in [0.25, 0.3) is 5.57 Å². The summed E-state index contributed by atoms with van der Waals surface area (Å²) in [7, 11) is 1.57. The number of ether oxygens (including phenoxy) is 1. The number of carbonyl (C=O) groups excluding carboxylic acids is 2. The molecule has 0 N–H and O–H groups in total. The molecule has 0 saturated carbocycles. The zero-order valence-corrected chi connectivity index (χ0v) is 18.2. The van der Waals surface area contributed by atoms with Gasteiger partial charge in [-0.3, -0.25) is 19.7 Å². The third-order valence-electron chi connectivity index (χ3n) is 5.06. The van der Waals surface area contributed by atoms with Crippen LogP contribution in [0.4, 0.5) is 5.69 Å². The number of hydrogen-bond acceptors (Lipinski definition) is 6. The first-order valence-electron chi connectivity index (χ1n) is 9.64. The monoisotopic (exact) mass is 441 g/mol. The average molecular weight is 442 g/mol. The van der Waals surface area contributed by atoms with E-state index in [-0.39, 0.29) is 23.1 Å². The van der Waals surface area contributed by atoms with Gasteiger partial charge in [0.25, 0.3) is 11.6 Å². The van der Waals surface area contributed by atoms with Gasteiger partial charge in [-0.25, -0.2) is 0 Å².